The number of rotatable bonds is 4. The number of anilines is 1. The number of fused-ring (bicyclic) bond motifs is 1. The van der Waals surface area contributed by atoms with Gasteiger partial charge in [0, 0.05) is 39.3 Å². The average Bonchev–Trinajstić information content (AvgIpc) is 2.57. The first-order valence-corrected chi connectivity index (χ1v) is 9.26. The van der Waals surface area contributed by atoms with Gasteiger partial charge in [-0.25, -0.2) is 0 Å². The minimum Gasteiger partial charge on any atom is -0.365 e. The molecule has 1 unspecified atom stereocenters. The van der Waals surface area contributed by atoms with Crippen molar-refractivity contribution in [3.63, 3.8) is 0 Å². The van der Waals surface area contributed by atoms with Crippen molar-refractivity contribution in [1.29, 1.82) is 0 Å². The quantitative estimate of drug-likeness (QED) is 0.784. The third-order valence-electron chi connectivity index (χ3n) is 5.70. The number of likely N-dealkylation sites (N-methyl/N-ethyl adjacent to an activating group) is 2. The van der Waals surface area contributed by atoms with E-state index in [9.17, 15) is 4.79 Å². The van der Waals surface area contributed by atoms with Crippen LogP contribution in [0.15, 0.2) is 6.07 Å². The largest absolute Gasteiger partial charge is 0.365 e. The van der Waals surface area contributed by atoms with Crippen LogP contribution in [0.3, 0.4) is 0 Å². The molecule has 0 radical (unpaired) electrons. The zero-order chi connectivity index (χ0) is 17.4. The minimum atomic E-state index is 0.0692. The lowest BCUT2D eigenvalue weighted by molar-refractivity contribution is -0.147. The summed E-state index contributed by atoms with van der Waals surface area (Å²) in [5.41, 5.74) is 2.58. The number of aryl methyl sites for hydroxylation is 2. The van der Waals surface area contributed by atoms with E-state index in [1.165, 1.54) is 24.1 Å². The normalized spacial score (nSPS) is 24.4. The Balaban J connectivity index is 1.29. The first-order valence-electron chi connectivity index (χ1n) is 9.26. The topological polar surface area (TPSA) is 61.8 Å². The maximum Gasteiger partial charge on any atom is 0.248 e. The molecule has 0 saturated carbocycles. The standard InChI is InChI=1S/C18H27N5O2/c1-21(10-15-11-22(2)18(24)12-25-15)14-8-23(9-14)17-7-13-5-3-4-6-16(13)19-20-17/h7,14-15H,3-6,8-12H2,1-2H3. The van der Waals surface area contributed by atoms with Crippen LogP contribution in [0.5, 0.6) is 0 Å². The molecule has 4 rings (SSSR count). The average molecular weight is 345 g/mol. The van der Waals surface area contributed by atoms with Gasteiger partial charge in [0.2, 0.25) is 5.91 Å². The Morgan fingerprint density at radius 2 is 2.04 bits per heavy atom. The molecule has 3 heterocycles. The zero-order valence-corrected chi connectivity index (χ0v) is 15.1. The monoisotopic (exact) mass is 345 g/mol. The van der Waals surface area contributed by atoms with Gasteiger partial charge in [0.25, 0.3) is 0 Å². The summed E-state index contributed by atoms with van der Waals surface area (Å²) in [7, 11) is 3.98. The summed E-state index contributed by atoms with van der Waals surface area (Å²) < 4.78 is 5.65. The maximum absolute atomic E-state index is 11.5. The van der Waals surface area contributed by atoms with Gasteiger partial charge in [0.15, 0.2) is 5.82 Å². The van der Waals surface area contributed by atoms with Gasteiger partial charge in [-0.15, -0.1) is 5.10 Å². The molecule has 7 heteroatoms. The molecular weight excluding hydrogens is 318 g/mol. The lowest BCUT2D eigenvalue weighted by Gasteiger charge is -2.46. The van der Waals surface area contributed by atoms with Crippen molar-refractivity contribution in [3.8, 4) is 0 Å². The van der Waals surface area contributed by atoms with Crippen LogP contribution in [-0.2, 0) is 22.4 Å². The van der Waals surface area contributed by atoms with Gasteiger partial charge in [0.1, 0.15) is 6.61 Å². The second-order valence-corrected chi connectivity index (χ2v) is 7.59. The molecule has 1 amide bonds. The van der Waals surface area contributed by atoms with Crippen molar-refractivity contribution in [2.45, 2.75) is 37.8 Å². The molecule has 2 fully saturated rings. The molecule has 2 saturated heterocycles. The lowest BCUT2D eigenvalue weighted by Crippen LogP contribution is -2.61. The summed E-state index contributed by atoms with van der Waals surface area (Å²) in [6.45, 7) is 3.69. The van der Waals surface area contributed by atoms with Crippen LogP contribution >= 0.6 is 0 Å². The Hall–Kier alpha value is -1.73. The van der Waals surface area contributed by atoms with Gasteiger partial charge < -0.3 is 14.5 Å². The Morgan fingerprint density at radius 3 is 2.84 bits per heavy atom. The molecule has 1 aliphatic carbocycles. The van der Waals surface area contributed by atoms with E-state index in [4.69, 9.17) is 4.74 Å². The third-order valence-corrected chi connectivity index (χ3v) is 5.70. The molecule has 1 aromatic heterocycles. The fourth-order valence-electron chi connectivity index (χ4n) is 3.89. The maximum atomic E-state index is 11.5. The summed E-state index contributed by atoms with van der Waals surface area (Å²) in [5, 5.41) is 8.87. The first-order chi connectivity index (χ1) is 12.1. The number of carbonyl (C=O) groups is 1. The van der Waals surface area contributed by atoms with E-state index in [1.54, 1.807) is 4.90 Å². The number of aromatic nitrogens is 2. The molecule has 0 bridgehead atoms. The number of nitrogens with zero attached hydrogens (tertiary/aromatic N) is 5. The highest BCUT2D eigenvalue weighted by Gasteiger charge is 2.34. The Kier molecular flexibility index (Phi) is 4.60. The molecule has 2 aliphatic heterocycles. The smallest absolute Gasteiger partial charge is 0.248 e. The molecular formula is C18H27N5O2. The second-order valence-electron chi connectivity index (χ2n) is 7.59. The Bertz CT molecular complexity index is 646. The number of hydrogen-bond acceptors (Lipinski definition) is 6. The van der Waals surface area contributed by atoms with E-state index in [0.717, 1.165) is 38.3 Å². The Morgan fingerprint density at radius 1 is 1.24 bits per heavy atom. The molecule has 25 heavy (non-hydrogen) atoms. The van der Waals surface area contributed by atoms with Crippen LogP contribution in [0.25, 0.3) is 0 Å². The van der Waals surface area contributed by atoms with Crippen molar-refractivity contribution >= 4 is 11.7 Å². The SMILES string of the molecule is CN1CC(CN(C)C2CN(c3cc4c(nn3)CCCC4)C2)OCC1=O. The van der Waals surface area contributed by atoms with E-state index < -0.39 is 0 Å². The molecule has 7 nitrogen and oxygen atoms in total. The van der Waals surface area contributed by atoms with Crippen LogP contribution in [0.4, 0.5) is 5.82 Å². The van der Waals surface area contributed by atoms with Crippen molar-refractivity contribution in [3.05, 3.63) is 17.3 Å². The van der Waals surface area contributed by atoms with Crippen molar-refractivity contribution in [2.24, 2.45) is 0 Å². The highest BCUT2D eigenvalue weighted by molar-refractivity contribution is 5.77. The first kappa shape index (κ1) is 16.7. The highest BCUT2D eigenvalue weighted by atomic mass is 16.5. The number of carbonyl (C=O) groups excluding carboxylic acids is 1. The van der Waals surface area contributed by atoms with Crippen molar-refractivity contribution in [2.75, 3.05) is 51.8 Å². The van der Waals surface area contributed by atoms with Crippen LogP contribution < -0.4 is 4.90 Å². The van der Waals surface area contributed by atoms with E-state index in [0.29, 0.717) is 12.6 Å². The Labute approximate surface area is 148 Å². The van der Waals surface area contributed by atoms with Crippen LogP contribution in [0, 0.1) is 0 Å². The summed E-state index contributed by atoms with van der Waals surface area (Å²) in [4.78, 5) is 17.9. The number of morpholine rings is 1. The van der Waals surface area contributed by atoms with Crippen molar-refractivity contribution < 1.29 is 9.53 Å². The van der Waals surface area contributed by atoms with E-state index in [1.807, 2.05) is 7.05 Å². The van der Waals surface area contributed by atoms with Crippen LogP contribution in [-0.4, -0.2) is 84.9 Å². The number of amides is 1. The van der Waals surface area contributed by atoms with E-state index in [-0.39, 0.29) is 18.6 Å². The fourth-order valence-corrected chi connectivity index (χ4v) is 3.89. The summed E-state index contributed by atoms with van der Waals surface area (Å²) in [6, 6.07) is 2.74. The molecule has 0 spiro atoms. The molecule has 1 atom stereocenters. The number of hydrogen-bond donors (Lipinski definition) is 0. The van der Waals surface area contributed by atoms with Gasteiger partial charge in [-0.2, -0.15) is 5.10 Å². The molecule has 0 N–H and O–H groups in total. The second kappa shape index (κ2) is 6.88. The predicted molar refractivity (Wildman–Crippen MR) is 94.7 cm³/mol. The van der Waals surface area contributed by atoms with Gasteiger partial charge >= 0.3 is 0 Å². The lowest BCUT2D eigenvalue weighted by atomic mass is 9.96. The fraction of sp³-hybridized carbons (Fsp3) is 0.722. The van der Waals surface area contributed by atoms with Gasteiger partial charge in [0.05, 0.1) is 11.8 Å². The summed E-state index contributed by atoms with van der Waals surface area (Å²) in [5.74, 6) is 1.09. The zero-order valence-electron chi connectivity index (χ0n) is 15.1. The summed E-state index contributed by atoms with van der Waals surface area (Å²) in [6.07, 6.45) is 4.82. The van der Waals surface area contributed by atoms with Crippen molar-refractivity contribution in [1.82, 2.24) is 20.0 Å². The van der Waals surface area contributed by atoms with Gasteiger partial charge in [-0.1, -0.05) is 0 Å². The highest BCUT2D eigenvalue weighted by Crippen LogP contribution is 2.26. The van der Waals surface area contributed by atoms with E-state index in [2.05, 4.69) is 33.1 Å². The van der Waals surface area contributed by atoms with Gasteiger partial charge in [-0.3, -0.25) is 9.69 Å². The molecule has 1 aromatic rings. The third kappa shape index (κ3) is 3.48. The molecule has 0 aromatic carbocycles. The minimum absolute atomic E-state index is 0.0692. The predicted octanol–water partition coefficient (Wildman–Crippen LogP) is 0.333. The van der Waals surface area contributed by atoms with Gasteiger partial charge in [-0.05, 0) is 44.4 Å². The molecule has 3 aliphatic rings. The molecule has 136 valence electrons. The number of ether oxygens (including phenoxy) is 1. The van der Waals surface area contributed by atoms with E-state index >= 15 is 0 Å². The summed E-state index contributed by atoms with van der Waals surface area (Å²) >= 11 is 0. The van der Waals surface area contributed by atoms with Crippen LogP contribution in [0.1, 0.15) is 24.1 Å². The van der Waals surface area contributed by atoms with Crippen LogP contribution in [0.2, 0.25) is 0 Å².